The Hall–Kier alpha value is -2.23. The van der Waals surface area contributed by atoms with E-state index in [0.717, 1.165) is 12.8 Å². The van der Waals surface area contributed by atoms with E-state index in [9.17, 15) is 0 Å². The molecular weight excluding hydrogens is 710 g/mol. The van der Waals surface area contributed by atoms with Crippen LogP contribution in [0.4, 0.5) is 0 Å². The largest absolute Gasteiger partial charge is 1.00 e. The summed E-state index contributed by atoms with van der Waals surface area (Å²) in [5, 5.41) is 5.31. The zero-order chi connectivity index (χ0) is 26.9. The van der Waals surface area contributed by atoms with Crippen LogP contribution >= 0.6 is 0 Å². The maximum atomic E-state index is 2.33. The number of halogens is 2. The molecule has 0 aliphatic heterocycles. The molecule has 0 N–H and O–H groups in total. The Morgan fingerprint density at radius 3 is 1.23 bits per heavy atom. The Balaban J connectivity index is 0.000000237. The smallest absolute Gasteiger partial charge is 1.00 e. The number of rotatable bonds is 4. The first-order valence-corrected chi connectivity index (χ1v) is 21.4. The van der Waals surface area contributed by atoms with E-state index >= 15 is 0 Å². The van der Waals surface area contributed by atoms with Crippen LogP contribution in [0.5, 0.6) is 0 Å². The molecule has 0 bridgehead atoms. The van der Waals surface area contributed by atoms with Crippen LogP contribution in [0, 0.1) is 0 Å². The Kier molecular flexibility index (Phi) is 14.3. The number of hydrogen-bond acceptors (Lipinski definition) is 0. The van der Waals surface area contributed by atoms with Gasteiger partial charge in [-0.05, 0) is 12.8 Å². The third-order valence-corrected chi connectivity index (χ3v) is 6.65. The van der Waals surface area contributed by atoms with Crippen LogP contribution in [0.1, 0.15) is 25.0 Å². The standard InChI is InChI=1S/2C17H15.C2H6Si.2ClH.Hf/c2*1-2-13-7-5-6-10-17(13)16-11-14-8-3-4-9-15(14)12-16;1-3-2;;;/h2*3-12H,2H2,1H3;1-2H3;2*1H;/q2*-1;;;;+2/p-2. The van der Waals surface area contributed by atoms with E-state index in [1.807, 2.05) is 0 Å². The van der Waals surface area contributed by atoms with E-state index in [4.69, 9.17) is 0 Å². The van der Waals surface area contributed by atoms with E-state index in [1.165, 1.54) is 77.9 Å². The average molecular weight is 746 g/mol. The summed E-state index contributed by atoms with van der Waals surface area (Å²) >= 11 is 1.45. The summed E-state index contributed by atoms with van der Waals surface area (Å²) in [4.78, 5) is 0. The van der Waals surface area contributed by atoms with Crippen LogP contribution in [0.15, 0.2) is 121 Å². The van der Waals surface area contributed by atoms with Gasteiger partial charge in [-0.1, -0.05) is 121 Å². The van der Waals surface area contributed by atoms with E-state index in [2.05, 4.69) is 148 Å². The molecule has 0 saturated heterocycles. The van der Waals surface area contributed by atoms with Gasteiger partial charge in [-0.2, -0.15) is 0 Å². The zero-order valence-corrected chi connectivity index (χ0v) is 29.8. The van der Waals surface area contributed by atoms with E-state index < -0.39 is 0 Å². The van der Waals surface area contributed by atoms with Gasteiger partial charge in [0.15, 0.2) is 0 Å². The van der Waals surface area contributed by atoms with Gasteiger partial charge in [-0.15, -0.1) is 69.1 Å². The zero-order valence-electron chi connectivity index (χ0n) is 23.7. The first kappa shape index (κ1) is 34.0. The van der Waals surface area contributed by atoms with Gasteiger partial charge in [0.25, 0.3) is 0 Å². The fraction of sp³-hybridized carbons (Fsp3) is 0.167. The first-order valence-electron chi connectivity index (χ1n) is 13.5. The van der Waals surface area contributed by atoms with Crippen LogP contribution < -0.4 is 24.8 Å². The van der Waals surface area contributed by atoms with Gasteiger partial charge in [0.2, 0.25) is 0 Å². The summed E-state index contributed by atoms with van der Waals surface area (Å²) in [6.07, 6.45) is 2.16. The Labute approximate surface area is 267 Å². The van der Waals surface area contributed by atoms with Gasteiger partial charge in [-0.3, -0.25) is 0 Å². The second-order valence-electron chi connectivity index (χ2n) is 9.77. The minimum Gasteiger partial charge on any atom is -1.00 e. The van der Waals surface area contributed by atoms with Gasteiger partial charge in [-0.25, -0.2) is 0 Å². The fourth-order valence-corrected chi connectivity index (χ4v) is 4.83. The fourth-order valence-electron chi connectivity index (χ4n) is 4.83. The van der Waals surface area contributed by atoms with Crippen molar-refractivity contribution < 1.29 is 47.8 Å². The Morgan fingerprint density at radius 1 is 0.550 bits per heavy atom. The summed E-state index contributed by atoms with van der Waals surface area (Å²) < 4.78 is 0. The predicted octanol–water partition coefficient (Wildman–Crippen LogP) is 4.37. The molecule has 0 amide bonds. The molecule has 0 aliphatic rings. The number of fused-ring (bicyclic) bond motifs is 2. The molecule has 0 aromatic heterocycles. The summed E-state index contributed by atoms with van der Waals surface area (Å²) in [6.45, 7) is 9.08. The van der Waals surface area contributed by atoms with Crippen LogP contribution in [0.2, 0.25) is 13.1 Å². The van der Waals surface area contributed by atoms with Gasteiger partial charge < -0.3 is 24.8 Å². The summed E-state index contributed by atoms with van der Waals surface area (Å²) in [6, 6.07) is 43.5. The average Bonchev–Trinajstić information content (AvgIpc) is 3.57. The third kappa shape index (κ3) is 8.88. The topological polar surface area (TPSA) is 0 Å². The van der Waals surface area contributed by atoms with Crippen LogP contribution in [-0.2, 0) is 35.8 Å². The molecule has 4 heteroatoms. The van der Waals surface area contributed by atoms with Crippen molar-refractivity contribution in [1.29, 1.82) is 0 Å². The van der Waals surface area contributed by atoms with Crippen molar-refractivity contribution in [1.82, 2.24) is 0 Å². The molecule has 6 aromatic carbocycles. The molecular formula is C36H36Cl2HfSi-2. The SMILES string of the molecule is CCc1ccccc1-c1cc2ccccc2[cH-]1.CCc1ccccc1-c1cc2ccccc2[cH-]1.C[Si](C)=[Hf+2].[Cl-].[Cl-]. The van der Waals surface area contributed by atoms with Crippen molar-refractivity contribution in [2.45, 2.75) is 39.8 Å². The van der Waals surface area contributed by atoms with Gasteiger partial charge in [0, 0.05) is 0 Å². The molecule has 204 valence electrons. The molecule has 0 saturated carbocycles. The summed E-state index contributed by atoms with van der Waals surface area (Å²) in [5.41, 5.74) is 8.50. The molecule has 6 aromatic rings. The number of aryl methyl sites for hydroxylation is 2. The molecule has 0 atom stereocenters. The minimum atomic E-state index is 0. The normalized spacial score (nSPS) is 9.95. The van der Waals surface area contributed by atoms with Gasteiger partial charge in [0.05, 0.1) is 0 Å². The van der Waals surface area contributed by atoms with Gasteiger partial charge in [0.1, 0.15) is 0 Å². The first-order chi connectivity index (χ1) is 18.5. The molecule has 6 rings (SSSR count). The van der Waals surface area contributed by atoms with Crippen LogP contribution in [0.25, 0.3) is 43.8 Å². The minimum absolute atomic E-state index is 0. The van der Waals surface area contributed by atoms with Crippen molar-refractivity contribution in [3.05, 3.63) is 132 Å². The molecule has 0 unspecified atom stereocenters. The molecule has 0 aliphatic carbocycles. The Morgan fingerprint density at radius 2 is 0.875 bits per heavy atom. The second kappa shape index (κ2) is 16.9. The second-order valence-corrected chi connectivity index (χ2v) is 22.5. The predicted molar refractivity (Wildman–Crippen MR) is 166 cm³/mol. The molecule has 0 heterocycles. The van der Waals surface area contributed by atoms with E-state index in [0.29, 0.717) is 0 Å². The molecule has 0 spiro atoms. The van der Waals surface area contributed by atoms with Gasteiger partial charge >= 0.3 is 41.6 Å². The monoisotopic (exact) mass is 746 g/mol. The molecule has 0 nitrogen and oxygen atoms in total. The molecule has 0 fully saturated rings. The van der Waals surface area contributed by atoms with E-state index in [-0.39, 0.29) is 30.3 Å². The Bertz CT molecular complexity index is 1460. The van der Waals surface area contributed by atoms with E-state index in [1.54, 1.807) is 0 Å². The van der Waals surface area contributed by atoms with Crippen molar-refractivity contribution >= 4 is 27.0 Å². The number of hydrogen-bond donors (Lipinski definition) is 0. The van der Waals surface area contributed by atoms with Crippen molar-refractivity contribution in [2.24, 2.45) is 0 Å². The maximum Gasteiger partial charge on any atom is -1.00 e. The van der Waals surface area contributed by atoms with Crippen LogP contribution in [0.3, 0.4) is 0 Å². The number of benzene rings is 4. The third-order valence-electron chi connectivity index (χ3n) is 6.65. The quantitative estimate of drug-likeness (QED) is 0.186. The van der Waals surface area contributed by atoms with Crippen molar-refractivity contribution in [2.75, 3.05) is 0 Å². The van der Waals surface area contributed by atoms with Crippen LogP contribution in [-0.4, -0.2) is 5.49 Å². The summed E-state index contributed by atoms with van der Waals surface area (Å²) in [7, 11) is 0. The molecule has 40 heavy (non-hydrogen) atoms. The molecule has 0 radical (unpaired) electrons. The van der Waals surface area contributed by atoms with Crippen molar-refractivity contribution in [3.63, 3.8) is 0 Å². The van der Waals surface area contributed by atoms with Crippen molar-refractivity contribution in [3.8, 4) is 22.3 Å². The summed E-state index contributed by atoms with van der Waals surface area (Å²) in [5.74, 6) is 0. The maximum absolute atomic E-state index is 2.33.